The fourth-order valence-corrected chi connectivity index (χ4v) is 4.05. The number of hydrogen-bond donors (Lipinski definition) is 1. The van der Waals surface area contributed by atoms with E-state index in [9.17, 15) is 9.59 Å². The standard InChI is InChI=1S/C23H25N3O2/c1-2-18-14-16-8-3-4-9-17(16)15-26(18)22(27)13-7-12-21-24-20-11-6-5-10-19(20)23(28)25-21/h3-6,8-11,18H,2,7,12-15H2,1H3,(H,24,25,28). The molecule has 1 atom stereocenters. The predicted molar refractivity (Wildman–Crippen MR) is 110 cm³/mol. The van der Waals surface area contributed by atoms with Crippen molar-refractivity contribution in [2.24, 2.45) is 0 Å². The third-order valence-electron chi connectivity index (χ3n) is 5.61. The quantitative estimate of drug-likeness (QED) is 0.741. The molecule has 28 heavy (non-hydrogen) atoms. The van der Waals surface area contributed by atoms with Crippen molar-refractivity contribution in [3.63, 3.8) is 0 Å². The monoisotopic (exact) mass is 375 g/mol. The number of aromatic amines is 1. The molecule has 2 heterocycles. The Labute approximate surface area is 164 Å². The van der Waals surface area contributed by atoms with E-state index in [2.05, 4.69) is 35.1 Å². The molecule has 5 heteroatoms. The van der Waals surface area contributed by atoms with Gasteiger partial charge in [-0.05, 0) is 42.5 Å². The number of amides is 1. The molecule has 1 aromatic heterocycles. The molecular formula is C23H25N3O2. The summed E-state index contributed by atoms with van der Waals surface area (Å²) >= 11 is 0. The van der Waals surface area contributed by atoms with Crippen molar-refractivity contribution in [2.45, 2.75) is 51.6 Å². The van der Waals surface area contributed by atoms with E-state index in [1.54, 1.807) is 6.07 Å². The van der Waals surface area contributed by atoms with Crippen LogP contribution in [0.5, 0.6) is 0 Å². The normalized spacial score (nSPS) is 16.2. The third kappa shape index (κ3) is 3.70. The zero-order valence-corrected chi connectivity index (χ0v) is 16.1. The number of nitrogens with one attached hydrogen (secondary N) is 1. The van der Waals surface area contributed by atoms with Crippen molar-refractivity contribution in [3.05, 3.63) is 75.8 Å². The Morgan fingerprint density at radius 1 is 1.14 bits per heavy atom. The second-order valence-corrected chi connectivity index (χ2v) is 7.44. The number of benzene rings is 2. The van der Waals surface area contributed by atoms with Gasteiger partial charge in [0.15, 0.2) is 0 Å². The van der Waals surface area contributed by atoms with Crippen LogP contribution >= 0.6 is 0 Å². The van der Waals surface area contributed by atoms with Gasteiger partial charge in [0.25, 0.3) is 5.56 Å². The van der Waals surface area contributed by atoms with Crippen molar-refractivity contribution in [1.82, 2.24) is 14.9 Å². The maximum absolute atomic E-state index is 12.9. The molecule has 1 N–H and O–H groups in total. The van der Waals surface area contributed by atoms with Crippen LogP contribution in [0.4, 0.5) is 0 Å². The molecule has 0 saturated carbocycles. The Balaban J connectivity index is 1.41. The minimum absolute atomic E-state index is 0.120. The Hall–Kier alpha value is -2.95. The maximum Gasteiger partial charge on any atom is 0.258 e. The number of carbonyl (C=O) groups is 1. The zero-order chi connectivity index (χ0) is 19.5. The molecule has 1 amide bonds. The Bertz CT molecular complexity index is 1060. The first kappa shape index (κ1) is 18.4. The molecular weight excluding hydrogens is 350 g/mol. The minimum Gasteiger partial charge on any atom is -0.335 e. The average molecular weight is 375 g/mol. The molecule has 0 fully saturated rings. The lowest BCUT2D eigenvalue weighted by Crippen LogP contribution is -2.43. The van der Waals surface area contributed by atoms with E-state index in [0.29, 0.717) is 42.5 Å². The molecule has 2 aromatic carbocycles. The second kappa shape index (κ2) is 7.97. The number of fused-ring (bicyclic) bond motifs is 2. The first-order chi connectivity index (χ1) is 13.7. The van der Waals surface area contributed by atoms with Crippen molar-refractivity contribution >= 4 is 16.8 Å². The van der Waals surface area contributed by atoms with Crippen LogP contribution in [0.3, 0.4) is 0 Å². The summed E-state index contributed by atoms with van der Waals surface area (Å²) in [5.41, 5.74) is 3.19. The molecule has 1 aliphatic rings. The Morgan fingerprint density at radius 2 is 1.89 bits per heavy atom. The second-order valence-electron chi connectivity index (χ2n) is 7.44. The summed E-state index contributed by atoms with van der Waals surface area (Å²) < 4.78 is 0. The first-order valence-electron chi connectivity index (χ1n) is 10.00. The molecule has 0 bridgehead atoms. The molecule has 0 spiro atoms. The predicted octanol–water partition coefficient (Wildman–Crippen LogP) is 3.61. The van der Waals surface area contributed by atoms with Crippen LogP contribution in [0.15, 0.2) is 53.3 Å². The van der Waals surface area contributed by atoms with E-state index in [-0.39, 0.29) is 17.5 Å². The topological polar surface area (TPSA) is 66.1 Å². The van der Waals surface area contributed by atoms with Gasteiger partial charge in [0.2, 0.25) is 5.91 Å². The smallest absolute Gasteiger partial charge is 0.258 e. The molecule has 5 nitrogen and oxygen atoms in total. The highest BCUT2D eigenvalue weighted by Gasteiger charge is 2.27. The number of H-pyrrole nitrogens is 1. The van der Waals surface area contributed by atoms with Crippen LogP contribution in [-0.4, -0.2) is 26.8 Å². The molecule has 144 valence electrons. The van der Waals surface area contributed by atoms with Crippen molar-refractivity contribution in [1.29, 1.82) is 0 Å². The highest BCUT2D eigenvalue weighted by molar-refractivity contribution is 5.77. The maximum atomic E-state index is 12.9. The molecule has 4 rings (SSSR count). The van der Waals surface area contributed by atoms with E-state index in [0.717, 1.165) is 12.8 Å². The summed E-state index contributed by atoms with van der Waals surface area (Å²) in [6.45, 7) is 2.83. The zero-order valence-electron chi connectivity index (χ0n) is 16.1. The molecule has 0 radical (unpaired) electrons. The van der Waals surface area contributed by atoms with Gasteiger partial charge in [0, 0.05) is 25.4 Å². The van der Waals surface area contributed by atoms with E-state index in [1.165, 1.54) is 11.1 Å². The number of aromatic nitrogens is 2. The van der Waals surface area contributed by atoms with Crippen molar-refractivity contribution < 1.29 is 4.79 Å². The number of nitrogens with zero attached hydrogens (tertiary/aromatic N) is 2. The van der Waals surface area contributed by atoms with Crippen molar-refractivity contribution in [3.8, 4) is 0 Å². The summed E-state index contributed by atoms with van der Waals surface area (Å²) in [5.74, 6) is 0.831. The van der Waals surface area contributed by atoms with Crippen LogP contribution < -0.4 is 5.56 Å². The van der Waals surface area contributed by atoms with Gasteiger partial charge in [-0.1, -0.05) is 43.3 Å². The minimum atomic E-state index is -0.120. The average Bonchev–Trinajstić information content (AvgIpc) is 2.72. The van der Waals surface area contributed by atoms with Gasteiger partial charge in [-0.25, -0.2) is 4.98 Å². The summed E-state index contributed by atoms with van der Waals surface area (Å²) in [6, 6.07) is 16.0. The SMILES string of the molecule is CCC1Cc2ccccc2CN1C(=O)CCCc1nc2ccccc2c(=O)[nH]1. The van der Waals surface area contributed by atoms with E-state index in [4.69, 9.17) is 0 Å². The van der Waals surface area contributed by atoms with Crippen LogP contribution in [0.1, 0.15) is 43.1 Å². The number of rotatable bonds is 5. The van der Waals surface area contributed by atoms with Gasteiger partial charge in [-0.3, -0.25) is 9.59 Å². The number of para-hydroxylation sites is 1. The van der Waals surface area contributed by atoms with Gasteiger partial charge in [-0.15, -0.1) is 0 Å². The van der Waals surface area contributed by atoms with E-state index in [1.807, 2.05) is 29.2 Å². The fraction of sp³-hybridized carbons (Fsp3) is 0.348. The van der Waals surface area contributed by atoms with E-state index < -0.39 is 0 Å². The van der Waals surface area contributed by atoms with Gasteiger partial charge < -0.3 is 9.88 Å². The van der Waals surface area contributed by atoms with Crippen LogP contribution in [0.25, 0.3) is 10.9 Å². The van der Waals surface area contributed by atoms with Crippen LogP contribution in [-0.2, 0) is 24.2 Å². The molecule has 3 aromatic rings. The summed E-state index contributed by atoms with van der Waals surface area (Å²) in [5, 5.41) is 0.597. The van der Waals surface area contributed by atoms with Gasteiger partial charge in [-0.2, -0.15) is 0 Å². The summed E-state index contributed by atoms with van der Waals surface area (Å²) in [4.78, 5) is 34.4. The third-order valence-corrected chi connectivity index (χ3v) is 5.61. The molecule has 0 aliphatic carbocycles. The lowest BCUT2D eigenvalue weighted by atomic mass is 9.92. The number of hydrogen-bond acceptors (Lipinski definition) is 3. The van der Waals surface area contributed by atoms with Crippen molar-refractivity contribution in [2.75, 3.05) is 0 Å². The highest BCUT2D eigenvalue weighted by atomic mass is 16.2. The summed E-state index contributed by atoms with van der Waals surface area (Å²) in [6.07, 6.45) is 3.62. The highest BCUT2D eigenvalue weighted by Crippen LogP contribution is 2.25. The van der Waals surface area contributed by atoms with Crippen LogP contribution in [0.2, 0.25) is 0 Å². The van der Waals surface area contributed by atoms with Crippen LogP contribution in [0, 0.1) is 0 Å². The molecule has 0 saturated heterocycles. The summed E-state index contributed by atoms with van der Waals surface area (Å²) in [7, 11) is 0. The Morgan fingerprint density at radius 3 is 2.71 bits per heavy atom. The van der Waals surface area contributed by atoms with Gasteiger partial charge >= 0.3 is 0 Å². The molecule has 1 aliphatic heterocycles. The first-order valence-corrected chi connectivity index (χ1v) is 10.00. The van der Waals surface area contributed by atoms with Gasteiger partial charge in [0.1, 0.15) is 5.82 Å². The van der Waals surface area contributed by atoms with Gasteiger partial charge in [0.05, 0.1) is 10.9 Å². The fourth-order valence-electron chi connectivity index (χ4n) is 4.05. The lowest BCUT2D eigenvalue weighted by molar-refractivity contribution is -0.134. The lowest BCUT2D eigenvalue weighted by Gasteiger charge is -2.36. The number of aryl methyl sites for hydroxylation is 1. The van der Waals surface area contributed by atoms with E-state index >= 15 is 0 Å². The number of carbonyl (C=O) groups excluding carboxylic acids is 1. The largest absolute Gasteiger partial charge is 0.335 e. The molecule has 1 unspecified atom stereocenters. The Kier molecular flexibility index (Phi) is 5.24.